The molecule has 20 heavy (non-hydrogen) atoms. The predicted molar refractivity (Wildman–Crippen MR) is 82.8 cm³/mol. The molecule has 4 nitrogen and oxygen atoms in total. The smallest absolute Gasteiger partial charge is 0.148 e. The van der Waals surface area contributed by atoms with Crippen LogP contribution in [-0.4, -0.2) is 49.6 Å². The minimum Gasteiger partial charge on any atom is -0.387 e. The summed E-state index contributed by atoms with van der Waals surface area (Å²) in [4.78, 5) is 1.96. The molecule has 114 valence electrons. The molecule has 0 aliphatic rings. The van der Waals surface area contributed by atoms with Crippen molar-refractivity contribution in [3.8, 4) is 0 Å². The summed E-state index contributed by atoms with van der Waals surface area (Å²) in [5.74, 6) is 0.0914. The molecule has 2 atom stereocenters. The number of benzene rings is 1. The van der Waals surface area contributed by atoms with Crippen LogP contribution in [0.4, 0.5) is 0 Å². The Hall–Kier alpha value is -0.620. The molecule has 1 aromatic carbocycles. The second-order valence-electron chi connectivity index (χ2n) is 5.10. The second kappa shape index (κ2) is 7.41. The molecule has 1 rings (SSSR count). The summed E-state index contributed by atoms with van der Waals surface area (Å²) in [5, 5.41) is 10.8. The molecule has 0 saturated heterocycles. The molecule has 1 aromatic rings. The van der Waals surface area contributed by atoms with E-state index in [4.69, 9.17) is 11.6 Å². The monoisotopic (exact) mass is 319 g/mol. The van der Waals surface area contributed by atoms with Gasteiger partial charge in [0.25, 0.3) is 0 Å². The van der Waals surface area contributed by atoms with E-state index in [-0.39, 0.29) is 11.8 Å². The Bertz CT molecular complexity index is 516. The third kappa shape index (κ3) is 5.79. The molecule has 2 unspecified atom stereocenters. The fraction of sp³-hybridized carbons (Fsp3) is 0.571. The molecule has 0 spiro atoms. The number of sulfone groups is 1. The third-order valence-corrected chi connectivity index (χ3v) is 4.58. The maximum atomic E-state index is 11.4. The first-order valence-electron chi connectivity index (χ1n) is 6.58. The van der Waals surface area contributed by atoms with Gasteiger partial charge in [-0.05, 0) is 31.2 Å². The maximum Gasteiger partial charge on any atom is 0.148 e. The van der Waals surface area contributed by atoms with E-state index in [9.17, 15) is 13.5 Å². The summed E-state index contributed by atoms with van der Waals surface area (Å²) in [6, 6.07) is 6.90. The van der Waals surface area contributed by atoms with E-state index in [1.165, 1.54) is 6.26 Å². The SMILES string of the molecule is CCN(CC(O)c1ccc(Cl)cc1)C(C)CS(C)(=O)=O. The number of nitrogens with zero attached hydrogens (tertiary/aromatic N) is 1. The highest BCUT2D eigenvalue weighted by molar-refractivity contribution is 7.90. The number of hydrogen-bond acceptors (Lipinski definition) is 4. The summed E-state index contributed by atoms with van der Waals surface area (Å²) >= 11 is 5.81. The van der Waals surface area contributed by atoms with Crippen molar-refractivity contribution in [2.45, 2.75) is 26.0 Å². The lowest BCUT2D eigenvalue weighted by molar-refractivity contribution is 0.0998. The number of aliphatic hydroxyl groups excluding tert-OH is 1. The molecule has 0 aliphatic carbocycles. The Labute approximate surface area is 126 Å². The fourth-order valence-electron chi connectivity index (χ4n) is 2.18. The van der Waals surface area contributed by atoms with Gasteiger partial charge in [0.1, 0.15) is 9.84 Å². The van der Waals surface area contributed by atoms with Crippen LogP contribution < -0.4 is 0 Å². The van der Waals surface area contributed by atoms with Crippen molar-refractivity contribution in [3.63, 3.8) is 0 Å². The molecule has 6 heteroatoms. The van der Waals surface area contributed by atoms with Gasteiger partial charge in [-0.3, -0.25) is 4.90 Å². The topological polar surface area (TPSA) is 57.6 Å². The molecule has 0 saturated carbocycles. The van der Waals surface area contributed by atoms with Gasteiger partial charge in [0.15, 0.2) is 0 Å². The number of hydrogen-bond donors (Lipinski definition) is 1. The van der Waals surface area contributed by atoms with E-state index in [2.05, 4.69) is 0 Å². The van der Waals surface area contributed by atoms with E-state index >= 15 is 0 Å². The average molecular weight is 320 g/mol. The normalized spacial score (nSPS) is 15.3. The summed E-state index contributed by atoms with van der Waals surface area (Å²) in [6.45, 7) is 4.89. The molecule has 0 amide bonds. The highest BCUT2D eigenvalue weighted by Crippen LogP contribution is 2.18. The van der Waals surface area contributed by atoms with Gasteiger partial charge in [-0.1, -0.05) is 30.7 Å². The first-order valence-corrected chi connectivity index (χ1v) is 9.02. The third-order valence-electron chi connectivity index (χ3n) is 3.24. The van der Waals surface area contributed by atoms with E-state index < -0.39 is 15.9 Å². The summed E-state index contributed by atoms with van der Waals surface area (Å²) in [6.07, 6.45) is 0.571. The van der Waals surface area contributed by atoms with Crippen LogP contribution in [0.15, 0.2) is 24.3 Å². The Kier molecular flexibility index (Phi) is 6.45. The van der Waals surface area contributed by atoms with Crippen molar-refractivity contribution in [2.75, 3.05) is 25.1 Å². The molecular formula is C14H22ClNO3S. The van der Waals surface area contributed by atoms with Gasteiger partial charge >= 0.3 is 0 Å². The Morgan fingerprint density at radius 2 is 1.85 bits per heavy atom. The molecule has 0 aromatic heterocycles. The molecule has 0 aliphatic heterocycles. The zero-order valence-corrected chi connectivity index (χ0v) is 13.7. The lowest BCUT2D eigenvalue weighted by Crippen LogP contribution is -2.40. The molecule has 0 fully saturated rings. The van der Waals surface area contributed by atoms with E-state index in [1.54, 1.807) is 24.3 Å². The van der Waals surface area contributed by atoms with E-state index in [0.29, 0.717) is 18.1 Å². The lowest BCUT2D eigenvalue weighted by Gasteiger charge is -2.29. The quantitative estimate of drug-likeness (QED) is 0.836. The van der Waals surface area contributed by atoms with Gasteiger partial charge in [0, 0.05) is 23.9 Å². The lowest BCUT2D eigenvalue weighted by atomic mass is 10.1. The number of halogens is 1. The van der Waals surface area contributed by atoms with Crippen LogP contribution in [0.1, 0.15) is 25.5 Å². The Balaban J connectivity index is 2.70. The minimum absolute atomic E-state index is 0.0914. The fourth-order valence-corrected chi connectivity index (χ4v) is 3.39. The Morgan fingerprint density at radius 1 is 1.30 bits per heavy atom. The van der Waals surface area contributed by atoms with Crippen LogP contribution >= 0.6 is 11.6 Å². The van der Waals surface area contributed by atoms with Crippen molar-refractivity contribution in [1.82, 2.24) is 4.90 Å². The molecule has 1 N–H and O–H groups in total. The minimum atomic E-state index is -3.03. The van der Waals surface area contributed by atoms with Crippen molar-refractivity contribution in [2.24, 2.45) is 0 Å². The number of aliphatic hydroxyl groups is 1. The molecular weight excluding hydrogens is 298 g/mol. The van der Waals surface area contributed by atoms with Crippen LogP contribution in [0.25, 0.3) is 0 Å². The molecule has 0 bridgehead atoms. The van der Waals surface area contributed by atoms with Crippen molar-refractivity contribution >= 4 is 21.4 Å². The van der Waals surface area contributed by atoms with E-state index in [1.807, 2.05) is 18.7 Å². The van der Waals surface area contributed by atoms with Crippen LogP contribution in [-0.2, 0) is 9.84 Å². The van der Waals surface area contributed by atoms with Gasteiger partial charge in [-0.2, -0.15) is 0 Å². The first-order chi connectivity index (χ1) is 9.23. The van der Waals surface area contributed by atoms with Crippen LogP contribution in [0.3, 0.4) is 0 Å². The summed E-state index contributed by atoms with van der Waals surface area (Å²) < 4.78 is 22.7. The van der Waals surface area contributed by atoms with E-state index in [0.717, 1.165) is 5.56 Å². The standard InChI is InChI=1S/C14H22ClNO3S/c1-4-16(11(2)10-20(3,18)19)9-14(17)12-5-7-13(15)8-6-12/h5-8,11,14,17H,4,9-10H2,1-3H3. The zero-order chi connectivity index (χ0) is 15.3. The summed E-state index contributed by atoms with van der Waals surface area (Å²) in [7, 11) is -3.03. The summed E-state index contributed by atoms with van der Waals surface area (Å²) in [5.41, 5.74) is 0.777. The van der Waals surface area contributed by atoms with Gasteiger partial charge in [-0.25, -0.2) is 8.42 Å². The first kappa shape index (κ1) is 17.4. The number of rotatable bonds is 7. The highest BCUT2D eigenvalue weighted by Gasteiger charge is 2.20. The highest BCUT2D eigenvalue weighted by atomic mass is 35.5. The van der Waals surface area contributed by atoms with Gasteiger partial charge in [-0.15, -0.1) is 0 Å². The molecule has 0 radical (unpaired) electrons. The van der Waals surface area contributed by atoms with Crippen LogP contribution in [0, 0.1) is 0 Å². The maximum absolute atomic E-state index is 11.4. The average Bonchev–Trinajstić information content (AvgIpc) is 2.34. The number of likely N-dealkylation sites (N-methyl/N-ethyl adjacent to an activating group) is 1. The molecule has 0 heterocycles. The van der Waals surface area contributed by atoms with Crippen molar-refractivity contribution in [3.05, 3.63) is 34.9 Å². The zero-order valence-electron chi connectivity index (χ0n) is 12.1. The van der Waals surface area contributed by atoms with Crippen LogP contribution in [0.5, 0.6) is 0 Å². The largest absolute Gasteiger partial charge is 0.387 e. The van der Waals surface area contributed by atoms with Crippen LogP contribution in [0.2, 0.25) is 5.02 Å². The van der Waals surface area contributed by atoms with Gasteiger partial charge in [0.05, 0.1) is 11.9 Å². The second-order valence-corrected chi connectivity index (χ2v) is 7.72. The van der Waals surface area contributed by atoms with Gasteiger partial charge in [0.2, 0.25) is 0 Å². The Morgan fingerprint density at radius 3 is 2.30 bits per heavy atom. The van der Waals surface area contributed by atoms with Crippen molar-refractivity contribution in [1.29, 1.82) is 0 Å². The van der Waals surface area contributed by atoms with Crippen molar-refractivity contribution < 1.29 is 13.5 Å². The van der Waals surface area contributed by atoms with Gasteiger partial charge < -0.3 is 5.11 Å². The predicted octanol–water partition coefficient (Wildman–Crippen LogP) is 2.13.